The zero-order valence-electron chi connectivity index (χ0n) is 16.5. The number of quaternary nitrogens is 1. The van der Waals surface area contributed by atoms with Crippen LogP contribution < -0.4 is 4.90 Å². The summed E-state index contributed by atoms with van der Waals surface area (Å²) in [5, 5.41) is 0. The largest absolute Gasteiger partial charge is 0.330 e. The number of nitrogens with zero attached hydrogens (tertiary/aromatic N) is 1. The van der Waals surface area contributed by atoms with Crippen LogP contribution in [0.4, 0.5) is 0 Å². The third-order valence-electron chi connectivity index (χ3n) is 6.53. The molecule has 0 atom stereocenters. The van der Waals surface area contributed by atoms with Crippen molar-refractivity contribution in [1.82, 2.24) is 4.31 Å². The molecular weight excluding hydrogens is 368 g/mol. The van der Waals surface area contributed by atoms with Crippen molar-refractivity contribution in [3.8, 4) is 0 Å². The first-order valence-electron chi connectivity index (χ1n) is 10.5. The zero-order valence-corrected chi connectivity index (χ0v) is 17.3. The van der Waals surface area contributed by atoms with Crippen molar-refractivity contribution in [2.75, 3.05) is 26.2 Å². The van der Waals surface area contributed by atoms with Crippen LogP contribution in [0.3, 0.4) is 0 Å². The zero-order chi connectivity index (χ0) is 19.4. The molecule has 4 rings (SSSR count). The van der Waals surface area contributed by atoms with Crippen LogP contribution in [0.1, 0.15) is 42.7 Å². The van der Waals surface area contributed by atoms with Crippen LogP contribution in [-0.4, -0.2) is 44.9 Å². The molecule has 150 valence electrons. The Morgan fingerprint density at radius 2 is 1.39 bits per heavy atom. The lowest BCUT2D eigenvalue weighted by molar-refractivity contribution is -0.930. The molecule has 1 saturated heterocycles. The first kappa shape index (κ1) is 19.6. The van der Waals surface area contributed by atoms with Crippen molar-refractivity contribution in [2.24, 2.45) is 0 Å². The van der Waals surface area contributed by atoms with Gasteiger partial charge in [-0.1, -0.05) is 60.7 Å². The molecule has 0 amide bonds. The summed E-state index contributed by atoms with van der Waals surface area (Å²) in [5.41, 5.74) is 2.35. The molecule has 28 heavy (non-hydrogen) atoms. The number of sulfonamides is 1. The van der Waals surface area contributed by atoms with Gasteiger partial charge in [0.15, 0.2) is 0 Å². The monoisotopic (exact) mass is 399 g/mol. The van der Waals surface area contributed by atoms with Crippen LogP contribution in [0.25, 0.3) is 0 Å². The summed E-state index contributed by atoms with van der Waals surface area (Å²) in [6.07, 6.45) is 5.03. The van der Waals surface area contributed by atoms with Gasteiger partial charge in [-0.2, -0.15) is 4.31 Å². The lowest BCUT2D eigenvalue weighted by atomic mass is 9.81. The second-order valence-corrected chi connectivity index (χ2v) is 10.2. The molecule has 2 aliphatic rings. The van der Waals surface area contributed by atoms with Gasteiger partial charge in [0.1, 0.15) is 0 Å². The van der Waals surface area contributed by atoms with Crippen LogP contribution in [0, 0.1) is 0 Å². The second kappa shape index (κ2) is 8.76. The van der Waals surface area contributed by atoms with Gasteiger partial charge >= 0.3 is 0 Å². The molecule has 1 aliphatic heterocycles. The summed E-state index contributed by atoms with van der Waals surface area (Å²) < 4.78 is 27.2. The number of nitrogens with one attached hydrogen (secondary N) is 1. The minimum Gasteiger partial charge on any atom is -0.330 e. The van der Waals surface area contributed by atoms with Crippen molar-refractivity contribution in [1.29, 1.82) is 0 Å². The van der Waals surface area contributed by atoms with E-state index in [1.54, 1.807) is 9.21 Å². The van der Waals surface area contributed by atoms with E-state index >= 15 is 0 Å². The number of hydrogen-bond donors (Lipinski definition) is 1. The third-order valence-corrected chi connectivity index (χ3v) is 8.38. The summed E-state index contributed by atoms with van der Waals surface area (Å²) in [6, 6.07) is 21.1. The first-order chi connectivity index (χ1) is 13.6. The van der Waals surface area contributed by atoms with E-state index in [0.29, 0.717) is 25.0 Å². The maximum absolute atomic E-state index is 12.8. The fourth-order valence-corrected chi connectivity index (χ4v) is 6.43. The van der Waals surface area contributed by atoms with Gasteiger partial charge in [0, 0.05) is 0 Å². The summed E-state index contributed by atoms with van der Waals surface area (Å²) in [6.45, 7) is 3.19. The Hall–Kier alpha value is -1.69. The van der Waals surface area contributed by atoms with Gasteiger partial charge in [0.05, 0.1) is 38.0 Å². The Labute approximate surface area is 169 Å². The van der Waals surface area contributed by atoms with E-state index in [-0.39, 0.29) is 5.75 Å². The summed E-state index contributed by atoms with van der Waals surface area (Å²) in [7, 11) is -3.22. The molecule has 0 bridgehead atoms. The van der Waals surface area contributed by atoms with Gasteiger partial charge in [0.2, 0.25) is 10.0 Å². The van der Waals surface area contributed by atoms with E-state index in [2.05, 4.69) is 30.3 Å². The van der Waals surface area contributed by atoms with Crippen LogP contribution in [0.2, 0.25) is 0 Å². The Bertz CT molecular complexity index is 839. The molecule has 0 spiro atoms. The van der Waals surface area contributed by atoms with Crippen LogP contribution in [-0.2, 0) is 15.8 Å². The van der Waals surface area contributed by atoms with Gasteiger partial charge in [0.25, 0.3) is 0 Å². The average Bonchev–Trinajstić information content (AvgIpc) is 2.75. The molecule has 2 aromatic carbocycles. The van der Waals surface area contributed by atoms with Gasteiger partial charge in [-0.3, -0.25) is 0 Å². The molecule has 1 N–H and O–H groups in total. The van der Waals surface area contributed by atoms with E-state index in [1.165, 1.54) is 31.2 Å². The molecule has 1 saturated carbocycles. The number of piperazine rings is 1. The maximum atomic E-state index is 12.8. The number of rotatable bonds is 5. The van der Waals surface area contributed by atoms with Crippen molar-refractivity contribution in [3.63, 3.8) is 0 Å². The van der Waals surface area contributed by atoms with Gasteiger partial charge in [-0.25, -0.2) is 8.42 Å². The fourth-order valence-electron chi connectivity index (χ4n) is 4.90. The molecule has 0 aromatic heterocycles. The van der Waals surface area contributed by atoms with Crippen molar-refractivity contribution >= 4 is 10.0 Å². The highest BCUT2D eigenvalue weighted by atomic mass is 32.2. The van der Waals surface area contributed by atoms with Crippen LogP contribution in [0.15, 0.2) is 60.7 Å². The highest BCUT2D eigenvalue weighted by molar-refractivity contribution is 7.88. The van der Waals surface area contributed by atoms with E-state index in [9.17, 15) is 8.42 Å². The van der Waals surface area contributed by atoms with Gasteiger partial charge in [-0.15, -0.1) is 0 Å². The normalized spacial score (nSPS) is 24.9. The molecule has 1 heterocycles. The Morgan fingerprint density at radius 1 is 0.821 bits per heavy atom. The fraction of sp³-hybridized carbons (Fsp3) is 0.478. The minimum atomic E-state index is -3.22. The van der Waals surface area contributed by atoms with E-state index in [1.807, 2.05) is 30.3 Å². The predicted molar refractivity (Wildman–Crippen MR) is 113 cm³/mol. The van der Waals surface area contributed by atoms with Crippen molar-refractivity contribution in [2.45, 2.75) is 43.4 Å². The lowest BCUT2D eigenvalue weighted by Crippen LogP contribution is -3.18. The lowest BCUT2D eigenvalue weighted by Gasteiger charge is -2.39. The molecule has 2 aromatic rings. The average molecular weight is 400 g/mol. The highest BCUT2D eigenvalue weighted by Gasteiger charge is 2.34. The molecular formula is C23H31N2O2S+. The molecule has 0 radical (unpaired) electrons. The quantitative estimate of drug-likeness (QED) is 0.839. The number of hydrogen-bond acceptors (Lipinski definition) is 2. The van der Waals surface area contributed by atoms with E-state index in [0.717, 1.165) is 18.7 Å². The smallest absolute Gasteiger partial charge is 0.218 e. The minimum absolute atomic E-state index is 0.116. The predicted octanol–water partition coefficient (Wildman–Crippen LogP) is 2.44. The summed E-state index contributed by atoms with van der Waals surface area (Å²) >= 11 is 0. The van der Waals surface area contributed by atoms with Crippen molar-refractivity contribution < 1.29 is 13.3 Å². The Balaban J connectivity index is 1.28. The maximum Gasteiger partial charge on any atom is 0.218 e. The van der Waals surface area contributed by atoms with E-state index in [4.69, 9.17) is 0 Å². The topological polar surface area (TPSA) is 41.8 Å². The van der Waals surface area contributed by atoms with Crippen LogP contribution in [0.5, 0.6) is 0 Å². The highest BCUT2D eigenvalue weighted by Crippen LogP contribution is 2.32. The number of benzene rings is 2. The van der Waals surface area contributed by atoms with Crippen molar-refractivity contribution in [3.05, 3.63) is 71.8 Å². The molecule has 4 nitrogen and oxygen atoms in total. The standard InChI is InChI=1S/C23H30N2O2S/c26-28(27,19-20-7-3-1-4-8-20)25-17-15-24(16-18-25)23-13-11-22(12-14-23)21-9-5-2-6-10-21/h1-10,22-23H,11-19H2/p+1. The SMILES string of the molecule is O=S(=O)(Cc1ccccc1)N1CC[NH+](C2CCC(c3ccccc3)CC2)CC1. The second-order valence-electron chi connectivity index (χ2n) is 8.26. The Kier molecular flexibility index (Phi) is 6.14. The van der Waals surface area contributed by atoms with Gasteiger partial charge < -0.3 is 4.90 Å². The molecule has 1 aliphatic carbocycles. The summed E-state index contributed by atoms with van der Waals surface area (Å²) in [4.78, 5) is 1.61. The molecule has 0 unspecified atom stereocenters. The van der Waals surface area contributed by atoms with Crippen LogP contribution >= 0.6 is 0 Å². The summed E-state index contributed by atoms with van der Waals surface area (Å²) in [5.74, 6) is 0.815. The van der Waals surface area contributed by atoms with Gasteiger partial charge in [-0.05, 0) is 42.7 Å². The molecule has 2 fully saturated rings. The Morgan fingerprint density at radius 3 is 2.00 bits per heavy atom. The molecule has 5 heteroatoms. The third kappa shape index (κ3) is 4.65. The van der Waals surface area contributed by atoms with E-state index < -0.39 is 10.0 Å². The first-order valence-corrected chi connectivity index (χ1v) is 12.1.